The molecule has 1 heterocycles. The predicted octanol–water partition coefficient (Wildman–Crippen LogP) is 3.91. The van der Waals surface area contributed by atoms with E-state index in [9.17, 15) is 8.42 Å². The van der Waals surface area contributed by atoms with E-state index in [1.165, 1.54) is 0 Å². The van der Waals surface area contributed by atoms with Crippen LogP contribution in [0.4, 0.5) is 0 Å². The van der Waals surface area contributed by atoms with Gasteiger partial charge < -0.3 is 9.47 Å². The molecular formula is C23H25N3O2S. The number of para-hydroxylation sites is 1. The molecule has 4 aromatic rings. The van der Waals surface area contributed by atoms with Gasteiger partial charge in [-0.2, -0.15) is 0 Å². The highest BCUT2D eigenvalue weighted by Crippen LogP contribution is 2.29. The summed E-state index contributed by atoms with van der Waals surface area (Å²) in [5.41, 5.74) is 2.24. The molecule has 0 saturated heterocycles. The van der Waals surface area contributed by atoms with Gasteiger partial charge in [0.2, 0.25) is 10.0 Å². The summed E-state index contributed by atoms with van der Waals surface area (Å²) >= 11 is 0. The molecule has 0 aliphatic heterocycles. The van der Waals surface area contributed by atoms with Gasteiger partial charge in [0.25, 0.3) is 0 Å². The molecule has 1 N–H and O–H groups in total. The summed E-state index contributed by atoms with van der Waals surface area (Å²) in [5, 5.41) is 2.78. The Labute approximate surface area is 171 Å². The molecule has 0 unspecified atom stereocenters. The van der Waals surface area contributed by atoms with Crippen LogP contribution in [0.2, 0.25) is 0 Å². The lowest BCUT2D eigenvalue weighted by Crippen LogP contribution is -2.34. The van der Waals surface area contributed by atoms with Gasteiger partial charge in [-0.25, -0.2) is 13.1 Å². The second-order valence-electron chi connectivity index (χ2n) is 7.52. The minimum Gasteiger partial charge on any atom is -0.350 e. The van der Waals surface area contributed by atoms with Gasteiger partial charge in [-0.15, -0.1) is 0 Å². The zero-order valence-electron chi connectivity index (χ0n) is 16.8. The fraction of sp³-hybridized carbons (Fsp3) is 0.217. The van der Waals surface area contributed by atoms with Crippen molar-refractivity contribution in [3.05, 3.63) is 78.5 Å². The molecular weight excluding hydrogens is 382 g/mol. The van der Waals surface area contributed by atoms with E-state index in [4.69, 9.17) is 0 Å². The van der Waals surface area contributed by atoms with Crippen LogP contribution in [0.15, 0.2) is 77.8 Å². The smallest absolute Gasteiger partial charge is 0.241 e. The molecule has 0 bridgehead atoms. The first kappa shape index (κ1) is 19.6. The number of nitrogens with zero attached hydrogens (tertiary/aromatic N) is 2. The van der Waals surface area contributed by atoms with E-state index in [2.05, 4.69) is 27.6 Å². The molecule has 0 saturated carbocycles. The number of hydrogen-bond acceptors (Lipinski definition) is 3. The molecule has 4 rings (SSSR count). The second-order valence-corrected chi connectivity index (χ2v) is 9.26. The quantitative estimate of drug-likeness (QED) is 0.527. The van der Waals surface area contributed by atoms with E-state index in [0.29, 0.717) is 4.90 Å². The van der Waals surface area contributed by atoms with Crippen LogP contribution in [0.5, 0.6) is 0 Å². The monoisotopic (exact) mass is 407 g/mol. The van der Waals surface area contributed by atoms with Crippen LogP contribution in [-0.2, 0) is 17.1 Å². The van der Waals surface area contributed by atoms with Crippen molar-refractivity contribution in [1.29, 1.82) is 0 Å². The van der Waals surface area contributed by atoms with Crippen molar-refractivity contribution < 1.29 is 8.42 Å². The number of rotatable bonds is 6. The van der Waals surface area contributed by atoms with Gasteiger partial charge in [-0.3, -0.25) is 0 Å². The van der Waals surface area contributed by atoms with Crippen LogP contribution < -0.4 is 4.72 Å². The number of fused-ring (bicyclic) bond motifs is 2. The van der Waals surface area contributed by atoms with Crippen molar-refractivity contribution in [1.82, 2.24) is 14.2 Å². The molecule has 29 heavy (non-hydrogen) atoms. The number of aryl methyl sites for hydroxylation is 1. The summed E-state index contributed by atoms with van der Waals surface area (Å²) in [4.78, 5) is 2.36. The molecule has 0 radical (unpaired) electrons. The average molecular weight is 408 g/mol. The van der Waals surface area contributed by atoms with E-state index < -0.39 is 10.0 Å². The third-order valence-electron chi connectivity index (χ3n) is 5.42. The first-order valence-corrected chi connectivity index (χ1v) is 11.0. The molecule has 0 amide bonds. The van der Waals surface area contributed by atoms with Gasteiger partial charge in [0, 0.05) is 42.1 Å². The van der Waals surface area contributed by atoms with E-state index >= 15 is 0 Å². The number of sulfonamides is 1. The number of likely N-dealkylation sites (N-methyl/N-ethyl adjacent to an activating group) is 1. The second kappa shape index (κ2) is 7.63. The van der Waals surface area contributed by atoms with Crippen molar-refractivity contribution in [2.75, 3.05) is 20.6 Å². The number of hydrogen-bond donors (Lipinski definition) is 1. The van der Waals surface area contributed by atoms with Gasteiger partial charge in [0.15, 0.2) is 0 Å². The Balaban J connectivity index is 1.68. The van der Waals surface area contributed by atoms with Crippen molar-refractivity contribution in [3.63, 3.8) is 0 Å². The zero-order chi connectivity index (χ0) is 20.6. The van der Waals surface area contributed by atoms with Gasteiger partial charge in [0.1, 0.15) is 0 Å². The first-order chi connectivity index (χ1) is 13.9. The van der Waals surface area contributed by atoms with Gasteiger partial charge in [-0.1, -0.05) is 54.6 Å². The Hall–Kier alpha value is -2.67. The fourth-order valence-corrected chi connectivity index (χ4v) is 5.17. The first-order valence-electron chi connectivity index (χ1n) is 9.56. The third kappa shape index (κ3) is 3.67. The summed E-state index contributed by atoms with van der Waals surface area (Å²) in [6, 6.07) is 21.0. The summed E-state index contributed by atoms with van der Waals surface area (Å²) in [7, 11) is 2.30. The van der Waals surface area contributed by atoms with Crippen LogP contribution in [0.3, 0.4) is 0 Å². The Kier molecular flexibility index (Phi) is 5.17. The minimum absolute atomic E-state index is 0.0918. The van der Waals surface area contributed by atoms with Crippen LogP contribution in [0.1, 0.15) is 11.6 Å². The lowest BCUT2D eigenvalue weighted by molar-refractivity contribution is 0.301. The van der Waals surface area contributed by atoms with Crippen molar-refractivity contribution >= 4 is 31.7 Å². The maximum absolute atomic E-state index is 13.1. The van der Waals surface area contributed by atoms with Crippen LogP contribution in [0.25, 0.3) is 21.7 Å². The summed E-state index contributed by atoms with van der Waals surface area (Å²) in [6.07, 6.45) is 2.08. The average Bonchev–Trinajstić information content (AvgIpc) is 3.04. The molecule has 3 aromatic carbocycles. The van der Waals surface area contributed by atoms with E-state index in [1.807, 2.05) is 68.5 Å². The highest BCUT2D eigenvalue weighted by atomic mass is 32.2. The Bertz CT molecular complexity index is 1270. The van der Waals surface area contributed by atoms with Crippen molar-refractivity contribution in [2.45, 2.75) is 10.9 Å². The lowest BCUT2D eigenvalue weighted by Gasteiger charge is -2.24. The molecule has 1 aromatic heterocycles. The SMILES string of the molecule is CN(C)[C@@H](CNS(=O)(=O)c1cccc2ccccc12)c1cn(C)c2ccccc12. The van der Waals surface area contributed by atoms with Crippen molar-refractivity contribution in [2.24, 2.45) is 7.05 Å². The fourth-order valence-electron chi connectivity index (χ4n) is 3.91. The molecule has 0 aliphatic rings. The van der Waals surface area contributed by atoms with Crippen LogP contribution in [-0.4, -0.2) is 38.5 Å². The number of nitrogens with one attached hydrogen (secondary N) is 1. The van der Waals surface area contributed by atoms with Crippen molar-refractivity contribution in [3.8, 4) is 0 Å². The summed E-state index contributed by atoms with van der Waals surface area (Å²) < 4.78 is 31.2. The molecule has 0 aliphatic carbocycles. The van der Waals surface area contributed by atoms with Crippen LogP contribution in [0, 0.1) is 0 Å². The normalized spacial score (nSPS) is 13.4. The molecule has 1 atom stereocenters. The highest BCUT2D eigenvalue weighted by Gasteiger charge is 2.23. The Morgan fingerprint density at radius 3 is 2.34 bits per heavy atom. The molecule has 5 nitrogen and oxygen atoms in total. The molecule has 0 fully saturated rings. The van der Waals surface area contributed by atoms with E-state index in [1.54, 1.807) is 12.1 Å². The highest BCUT2D eigenvalue weighted by molar-refractivity contribution is 7.89. The molecule has 6 heteroatoms. The maximum atomic E-state index is 13.1. The van der Waals surface area contributed by atoms with Gasteiger partial charge in [0.05, 0.1) is 4.90 Å². The Morgan fingerprint density at radius 1 is 0.931 bits per heavy atom. The van der Waals surface area contributed by atoms with E-state index in [0.717, 1.165) is 27.2 Å². The zero-order valence-corrected chi connectivity index (χ0v) is 17.6. The number of benzene rings is 3. The molecule has 150 valence electrons. The van der Waals surface area contributed by atoms with Gasteiger partial charge in [-0.05, 0) is 37.2 Å². The summed E-state index contributed by atoms with van der Waals surface area (Å²) in [6.45, 7) is 0.284. The minimum atomic E-state index is -3.65. The van der Waals surface area contributed by atoms with Gasteiger partial charge >= 0.3 is 0 Å². The summed E-state index contributed by atoms with van der Waals surface area (Å²) in [5.74, 6) is 0. The standard InChI is InChI=1S/C23H25N3O2S/c1-25(2)22(20-16-26(3)21-13-7-6-12-19(20)21)15-24-29(27,28)23-14-8-10-17-9-4-5-11-18(17)23/h4-14,16,22,24H,15H2,1-3H3/t22-/m0/s1. The largest absolute Gasteiger partial charge is 0.350 e. The molecule has 0 spiro atoms. The maximum Gasteiger partial charge on any atom is 0.241 e. The topological polar surface area (TPSA) is 54.3 Å². The lowest BCUT2D eigenvalue weighted by atomic mass is 10.1. The number of aromatic nitrogens is 1. The van der Waals surface area contributed by atoms with Crippen LogP contribution >= 0.6 is 0 Å². The third-order valence-corrected chi connectivity index (χ3v) is 6.90. The van der Waals surface area contributed by atoms with E-state index in [-0.39, 0.29) is 12.6 Å². The predicted molar refractivity (Wildman–Crippen MR) is 118 cm³/mol. The Morgan fingerprint density at radius 2 is 1.59 bits per heavy atom.